The van der Waals surface area contributed by atoms with Crippen LogP contribution in [0.25, 0.3) is 0 Å². The molecular weight excluding hydrogens is 356 g/mol. The Morgan fingerprint density at radius 3 is 2.69 bits per heavy atom. The minimum absolute atomic E-state index is 0.0798. The van der Waals surface area contributed by atoms with E-state index in [-0.39, 0.29) is 11.9 Å². The third kappa shape index (κ3) is 2.34. The number of carbonyl (C=O) groups is 1. The predicted molar refractivity (Wildman–Crippen MR) is 72.8 cm³/mol. The zero-order chi connectivity index (χ0) is 11.9. The fourth-order valence-electron chi connectivity index (χ4n) is 1.77. The number of hydrogen-bond donors (Lipinski definition) is 1. The average Bonchev–Trinajstić information content (AvgIpc) is 2.72. The van der Waals surface area contributed by atoms with Gasteiger partial charge in [0, 0.05) is 23.6 Å². The highest BCUT2D eigenvalue weighted by Crippen LogP contribution is 2.33. The molecule has 0 aliphatic carbocycles. The Morgan fingerprint density at radius 2 is 2.25 bits per heavy atom. The van der Waals surface area contributed by atoms with Crippen molar-refractivity contribution in [2.45, 2.75) is 13.0 Å². The van der Waals surface area contributed by atoms with Gasteiger partial charge >= 0.3 is 0 Å². The van der Waals surface area contributed by atoms with Crippen molar-refractivity contribution in [3.8, 4) is 0 Å². The van der Waals surface area contributed by atoms with Crippen LogP contribution in [0, 0.1) is 5.92 Å². The van der Waals surface area contributed by atoms with Gasteiger partial charge in [0.25, 0.3) is 5.91 Å². The molecule has 1 saturated heterocycles. The molecule has 2 heterocycles. The van der Waals surface area contributed by atoms with Crippen LogP contribution in [-0.4, -0.2) is 29.9 Å². The number of halogens is 2. The summed E-state index contributed by atoms with van der Waals surface area (Å²) in [7, 11) is 0. The molecule has 0 spiro atoms. The van der Waals surface area contributed by atoms with Gasteiger partial charge in [-0.2, -0.15) is 0 Å². The average molecular weight is 368 g/mol. The Labute approximate surface area is 115 Å². The number of likely N-dealkylation sites (tertiary alicyclic amines) is 1. The topological polar surface area (TPSA) is 46.3 Å². The summed E-state index contributed by atoms with van der Waals surface area (Å²) in [5.74, 6) is 0.465. The molecule has 0 bridgehead atoms. The first-order chi connectivity index (χ1) is 7.49. The minimum Gasteiger partial charge on any atom is -0.336 e. The van der Waals surface area contributed by atoms with E-state index in [9.17, 15) is 4.79 Å². The molecule has 0 aromatic carbocycles. The summed E-state index contributed by atoms with van der Waals surface area (Å²) in [5, 5.41) is 0. The van der Waals surface area contributed by atoms with Crippen molar-refractivity contribution in [1.82, 2.24) is 4.90 Å². The first kappa shape index (κ1) is 12.5. The number of thiophene rings is 1. The molecule has 1 amide bonds. The molecule has 6 heteroatoms. The van der Waals surface area contributed by atoms with Crippen LogP contribution < -0.4 is 5.73 Å². The van der Waals surface area contributed by atoms with Crippen LogP contribution >= 0.6 is 43.2 Å². The van der Waals surface area contributed by atoms with Gasteiger partial charge in [-0.25, -0.2) is 0 Å². The molecule has 1 fully saturated rings. The van der Waals surface area contributed by atoms with E-state index in [4.69, 9.17) is 5.73 Å². The molecule has 16 heavy (non-hydrogen) atoms. The first-order valence-electron chi connectivity index (χ1n) is 4.98. The quantitative estimate of drug-likeness (QED) is 0.829. The molecule has 88 valence electrons. The fraction of sp³-hybridized carbons (Fsp3) is 0.500. The SMILES string of the molecule is CC1CN(C(=O)c2cc(Br)c(Br)s2)CC1N. The summed E-state index contributed by atoms with van der Waals surface area (Å²) >= 11 is 8.23. The molecule has 1 aliphatic rings. The summed E-state index contributed by atoms with van der Waals surface area (Å²) in [6.45, 7) is 3.50. The van der Waals surface area contributed by atoms with Crippen molar-refractivity contribution in [2.24, 2.45) is 11.7 Å². The van der Waals surface area contributed by atoms with Gasteiger partial charge in [-0.15, -0.1) is 11.3 Å². The third-order valence-corrected chi connectivity index (χ3v) is 6.06. The Morgan fingerprint density at radius 1 is 1.56 bits per heavy atom. The number of rotatable bonds is 1. The smallest absolute Gasteiger partial charge is 0.264 e. The summed E-state index contributed by atoms with van der Waals surface area (Å²) in [6, 6.07) is 1.96. The molecule has 3 nitrogen and oxygen atoms in total. The summed E-state index contributed by atoms with van der Waals surface area (Å²) in [5.41, 5.74) is 5.91. The van der Waals surface area contributed by atoms with Gasteiger partial charge in [-0.1, -0.05) is 6.92 Å². The molecular formula is C10H12Br2N2OS. The van der Waals surface area contributed by atoms with Crippen molar-refractivity contribution in [3.63, 3.8) is 0 Å². The second kappa shape index (κ2) is 4.76. The van der Waals surface area contributed by atoms with Crippen LogP contribution in [0.5, 0.6) is 0 Å². The number of carbonyl (C=O) groups excluding carboxylic acids is 1. The van der Waals surface area contributed by atoms with Crippen molar-refractivity contribution in [3.05, 3.63) is 19.2 Å². The van der Waals surface area contributed by atoms with Crippen molar-refractivity contribution >= 4 is 49.1 Å². The Hall–Kier alpha value is 0.0900. The van der Waals surface area contributed by atoms with Crippen LogP contribution in [0.3, 0.4) is 0 Å². The molecule has 2 rings (SSSR count). The lowest BCUT2D eigenvalue weighted by atomic mass is 10.1. The largest absolute Gasteiger partial charge is 0.336 e. The molecule has 2 unspecified atom stereocenters. The standard InChI is InChI=1S/C10H12Br2N2OS/c1-5-3-14(4-7(5)13)10(15)8-2-6(11)9(12)16-8/h2,5,7H,3-4,13H2,1H3. The number of nitrogens with two attached hydrogens (primary N) is 1. The molecule has 0 saturated carbocycles. The summed E-state index contributed by atoms with van der Waals surface area (Å²) < 4.78 is 1.88. The number of amides is 1. The molecule has 2 N–H and O–H groups in total. The van der Waals surface area contributed by atoms with E-state index in [1.54, 1.807) is 0 Å². The van der Waals surface area contributed by atoms with Gasteiger partial charge in [0.2, 0.25) is 0 Å². The maximum Gasteiger partial charge on any atom is 0.264 e. The zero-order valence-electron chi connectivity index (χ0n) is 8.74. The van der Waals surface area contributed by atoms with Crippen LogP contribution in [0.2, 0.25) is 0 Å². The first-order valence-corrected chi connectivity index (χ1v) is 7.39. The maximum atomic E-state index is 12.1. The van der Waals surface area contributed by atoms with Gasteiger partial charge in [0.15, 0.2) is 0 Å². The van der Waals surface area contributed by atoms with E-state index in [1.807, 2.05) is 11.0 Å². The summed E-state index contributed by atoms with van der Waals surface area (Å²) in [6.07, 6.45) is 0. The lowest BCUT2D eigenvalue weighted by Gasteiger charge is -2.14. The Balaban J connectivity index is 2.14. The van der Waals surface area contributed by atoms with Crippen LogP contribution in [0.1, 0.15) is 16.6 Å². The van der Waals surface area contributed by atoms with Gasteiger partial charge in [-0.05, 0) is 43.8 Å². The van der Waals surface area contributed by atoms with Crippen molar-refractivity contribution in [1.29, 1.82) is 0 Å². The van der Waals surface area contributed by atoms with Crippen molar-refractivity contribution in [2.75, 3.05) is 13.1 Å². The molecule has 2 atom stereocenters. The van der Waals surface area contributed by atoms with Gasteiger partial charge in [0.05, 0.1) is 8.66 Å². The highest BCUT2D eigenvalue weighted by atomic mass is 79.9. The Kier molecular flexibility index (Phi) is 3.73. The Bertz CT molecular complexity index is 391. The zero-order valence-corrected chi connectivity index (χ0v) is 12.7. The number of nitrogens with zero attached hydrogens (tertiary/aromatic N) is 1. The molecule has 1 aromatic rings. The molecule has 0 radical (unpaired) electrons. The second-order valence-electron chi connectivity index (χ2n) is 4.08. The van der Waals surface area contributed by atoms with Gasteiger partial charge in [0.1, 0.15) is 0 Å². The van der Waals surface area contributed by atoms with E-state index in [0.717, 1.165) is 19.7 Å². The second-order valence-corrected chi connectivity index (χ2v) is 7.31. The lowest BCUT2D eigenvalue weighted by Crippen LogP contribution is -2.31. The van der Waals surface area contributed by atoms with E-state index in [1.165, 1.54) is 11.3 Å². The lowest BCUT2D eigenvalue weighted by molar-refractivity contribution is 0.0791. The number of hydrogen-bond acceptors (Lipinski definition) is 3. The summed E-state index contributed by atoms with van der Waals surface area (Å²) in [4.78, 5) is 14.7. The molecule has 1 aromatic heterocycles. The van der Waals surface area contributed by atoms with E-state index < -0.39 is 0 Å². The highest BCUT2D eigenvalue weighted by molar-refractivity contribution is 9.13. The fourth-order valence-corrected chi connectivity index (χ4v) is 3.77. The van der Waals surface area contributed by atoms with E-state index >= 15 is 0 Å². The third-order valence-electron chi connectivity index (χ3n) is 2.81. The minimum atomic E-state index is 0.0798. The van der Waals surface area contributed by atoms with Gasteiger partial charge in [-0.3, -0.25) is 4.79 Å². The van der Waals surface area contributed by atoms with Gasteiger partial charge < -0.3 is 10.6 Å². The van der Waals surface area contributed by atoms with Crippen LogP contribution in [0.15, 0.2) is 14.3 Å². The maximum absolute atomic E-state index is 12.1. The van der Waals surface area contributed by atoms with Crippen LogP contribution in [0.4, 0.5) is 0 Å². The monoisotopic (exact) mass is 366 g/mol. The highest BCUT2D eigenvalue weighted by Gasteiger charge is 2.31. The molecule has 1 aliphatic heterocycles. The normalized spacial score (nSPS) is 25.1. The van der Waals surface area contributed by atoms with Crippen LogP contribution in [-0.2, 0) is 0 Å². The van der Waals surface area contributed by atoms with Crippen molar-refractivity contribution < 1.29 is 4.79 Å². The predicted octanol–water partition coefficient (Wildman–Crippen LogP) is 2.69. The van der Waals surface area contributed by atoms with E-state index in [0.29, 0.717) is 12.5 Å². The van der Waals surface area contributed by atoms with E-state index in [2.05, 4.69) is 38.8 Å².